The molecule has 14 heavy (non-hydrogen) atoms. The van der Waals surface area contributed by atoms with Crippen LogP contribution in [0.15, 0.2) is 16.9 Å². The highest BCUT2D eigenvalue weighted by Gasteiger charge is 2.28. The molecule has 6 nitrogen and oxygen atoms in total. The molecule has 0 aromatic carbocycles. The maximum Gasteiger partial charge on any atom is 0.250 e. The third-order valence-electron chi connectivity index (χ3n) is 2.40. The van der Waals surface area contributed by atoms with Crippen molar-refractivity contribution in [2.24, 2.45) is 0 Å². The fourth-order valence-corrected chi connectivity index (χ4v) is 1.73. The van der Waals surface area contributed by atoms with Crippen LogP contribution in [0.3, 0.4) is 0 Å². The van der Waals surface area contributed by atoms with Gasteiger partial charge >= 0.3 is 0 Å². The summed E-state index contributed by atoms with van der Waals surface area (Å²) in [6.07, 6.45) is 2.97. The van der Waals surface area contributed by atoms with Crippen LogP contribution in [0.4, 0.5) is 0 Å². The highest BCUT2D eigenvalue weighted by atomic mass is 16.7. The van der Waals surface area contributed by atoms with Crippen LogP contribution in [0.1, 0.15) is 11.4 Å². The first-order chi connectivity index (χ1) is 6.86. The Balaban J connectivity index is 2.34. The maximum absolute atomic E-state index is 11.2. The summed E-state index contributed by atoms with van der Waals surface area (Å²) >= 11 is 0. The van der Waals surface area contributed by atoms with Gasteiger partial charge in [0.05, 0.1) is 17.5 Å². The molecule has 0 unspecified atom stereocenters. The fourth-order valence-electron chi connectivity index (χ4n) is 1.73. The van der Waals surface area contributed by atoms with E-state index in [1.54, 1.807) is 6.20 Å². The van der Waals surface area contributed by atoms with E-state index in [9.17, 15) is 4.91 Å². The van der Waals surface area contributed by atoms with Gasteiger partial charge in [-0.1, -0.05) is 9.79 Å². The van der Waals surface area contributed by atoms with Crippen LogP contribution in [0.2, 0.25) is 0 Å². The Morgan fingerprint density at radius 3 is 3.36 bits per heavy atom. The molecule has 0 saturated heterocycles. The number of aromatic amines is 1. The Bertz CT molecular complexity index is 542. The molecular weight excluding hydrogens is 184 g/mol. The lowest BCUT2D eigenvalue weighted by Crippen LogP contribution is -2.19. The summed E-state index contributed by atoms with van der Waals surface area (Å²) in [4.78, 5) is 11.2. The standard InChI is InChI=1S/C8H7N4O2/c13-12-7-2-1-6-5(3-4-9-10-6)8(7)11-14-12/h3-4,11H,1-2H2/q+1. The second kappa shape index (κ2) is 2.50. The minimum Gasteiger partial charge on any atom is -0.159 e. The molecule has 0 radical (unpaired) electrons. The molecule has 0 spiro atoms. The number of nitrogens with one attached hydrogen (secondary N) is 1. The summed E-state index contributed by atoms with van der Waals surface area (Å²) < 4.78 is 5.17. The van der Waals surface area contributed by atoms with Gasteiger partial charge in [0.1, 0.15) is 0 Å². The molecule has 0 atom stereocenters. The molecular formula is C8H7N4O2+. The second-order valence-corrected chi connectivity index (χ2v) is 3.16. The first-order valence-electron chi connectivity index (χ1n) is 4.30. The first-order valence-corrected chi connectivity index (χ1v) is 4.30. The van der Waals surface area contributed by atoms with E-state index in [0.29, 0.717) is 16.7 Å². The number of rotatable bonds is 0. The van der Waals surface area contributed by atoms with Crippen LogP contribution in [-0.4, -0.2) is 15.4 Å². The Labute approximate surface area is 78.1 Å². The number of hydrogen-bond donors (Lipinski definition) is 1. The zero-order chi connectivity index (χ0) is 9.54. The van der Waals surface area contributed by atoms with E-state index in [1.807, 2.05) is 6.07 Å². The second-order valence-electron chi connectivity index (χ2n) is 3.16. The third-order valence-corrected chi connectivity index (χ3v) is 2.40. The van der Waals surface area contributed by atoms with Crippen molar-refractivity contribution in [3.05, 3.63) is 28.6 Å². The molecule has 3 rings (SSSR count). The quantitative estimate of drug-likeness (QED) is 0.639. The lowest BCUT2D eigenvalue weighted by Gasteiger charge is -2.06. The van der Waals surface area contributed by atoms with E-state index < -0.39 is 0 Å². The zero-order valence-electron chi connectivity index (χ0n) is 7.23. The molecule has 2 aromatic heterocycles. The number of nitrogens with zero attached hydrogens (tertiary/aromatic N) is 3. The van der Waals surface area contributed by atoms with Crippen molar-refractivity contribution in [3.63, 3.8) is 0 Å². The van der Waals surface area contributed by atoms with Gasteiger partial charge in [0.15, 0.2) is 4.60 Å². The lowest BCUT2D eigenvalue weighted by atomic mass is 9.98. The van der Waals surface area contributed by atoms with Crippen LogP contribution in [-0.2, 0) is 12.8 Å². The minimum absolute atomic E-state index is 0.513. The molecule has 1 aliphatic carbocycles. The predicted molar refractivity (Wildman–Crippen MR) is 44.9 cm³/mol. The van der Waals surface area contributed by atoms with Crippen molar-refractivity contribution < 1.29 is 9.23 Å². The third kappa shape index (κ3) is 0.847. The summed E-state index contributed by atoms with van der Waals surface area (Å²) in [5.74, 6) is 0. The van der Waals surface area contributed by atoms with Crippen molar-refractivity contribution in [1.82, 2.24) is 15.4 Å². The van der Waals surface area contributed by atoms with E-state index >= 15 is 0 Å². The predicted octanol–water partition coefficient (Wildman–Crippen LogP) is 0.0778. The molecule has 70 valence electrons. The molecule has 0 amide bonds. The van der Waals surface area contributed by atoms with Gasteiger partial charge in [-0.15, -0.1) is 0 Å². The van der Waals surface area contributed by atoms with Crippen LogP contribution < -0.4 is 4.60 Å². The summed E-state index contributed by atoms with van der Waals surface area (Å²) in [5.41, 5.74) is 3.15. The van der Waals surface area contributed by atoms with Crippen molar-refractivity contribution in [1.29, 1.82) is 0 Å². The monoisotopic (exact) mass is 191 g/mol. The summed E-state index contributed by atoms with van der Waals surface area (Å²) in [7, 11) is 0. The van der Waals surface area contributed by atoms with Gasteiger partial charge in [-0.05, 0) is 11.0 Å². The fraction of sp³-hybridized carbons (Fsp3) is 0.250. The van der Waals surface area contributed by atoms with Gasteiger partial charge in [-0.3, -0.25) is 0 Å². The Hall–Kier alpha value is -1.98. The molecule has 2 heterocycles. The van der Waals surface area contributed by atoms with Gasteiger partial charge in [-0.2, -0.15) is 10.2 Å². The van der Waals surface area contributed by atoms with Gasteiger partial charge in [0.25, 0.3) is 0 Å². The van der Waals surface area contributed by atoms with Crippen molar-refractivity contribution in [3.8, 4) is 11.3 Å². The van der Waals surface area contributed by atoms with Crippen LogP contribution >= 0.6 is 0 Å². The summed E-state index contributed by atoms with van der Waals surface area (Å²) in [5, 5.41) is 10.4. The largest absolute Gasteiger partial charge is 0.250 e. The van der Waals surface area contributed by atoms with Crippen molar-refractivity contribution in [2.45, 2.75) is 12.8 Å². The van der Waals surface area contributed by atoms with E-state index in [4.69, 9.17) is 0 Å². The molecule has 0 fully saturated rings. The van der Waals surface area contributed by atoms with Crippen LogP contribution in [0.5, 0.6) is 0 Å². The summed E-state index contributed by atoms with van der Waals surface area (Å²) in [6.45, 7) is 0. The van der Waals surface area contributed by atoms with Crippen molar-refractivity contribution in [2.75, 3.05) is 0 Å². The molecule has 0 aliphatic heterocycles. The number of fused-ring (bicyclic) bond motifs is 3. The molecule has 1 N–H and O–H groups in total. The molecule has 0 saturated carbocycles. The van der Waals surface area contributed by atoms with Crippen molar-refractivity contribution >= 4 is 0 Å². The van der Waals surface area contributed by atoms with Gasteiger partial charge in [0.2, 0.25) is 11.4 Å². The number of H-pyrrole nitrogens is 1. The Morgan fingerprint density at radius 1 is 1.50 bits per heavy atom. The van der Waals surface area contributed by atoms with E-state index in [1.165, 1.54) is 0 Å². The number of hydrogen-bond acceptors (Lipinski definition) is 4. The van der Waals surface area contributed by atoms with Crippen LogP contribution in [0, 0.1) is 4.91 Å². The smallest absolute Gasteiger partial charge is 0.159 e. The lowest BCUT2D eigenvalue weighted by molar-refractivity contribution is -0.719. The highest BCUT2D eigenvalue weighted by Crippen LogP contribution is 2.27. The van der Waals surface area contributed by atoms with Gasteiger partial charge < -0.3 is 0 Å². The highest BCUT2D eigenvalue weighted by molar-refractivity contribution is 5.64. The normalized spacial score (nSPS) is 13.4. The van der Waals surface area contributed by atoms with E-state index in [-0.39, 0.29) is 0 Å². The summed E-state index contributed by atoms with van der Waals surface area (Å²) in [6, 6.07) is 1.83. The average Bonchev–Trinajstić information content (AvgIpc) is 2.61. The zero-order valence-corrected chi connectivity index (χ0v) is 7.23. The average molecular weight is 191 g/mol. The Kier molecular flexibility index (Phi) is 1.33. The van der Waals surface area contributed by atoms with Gasteiger partial charge in [0, 0.05) is 12.8 Å². The number of aryl methyl sites for hydroxylation is 1. The molecule has 1 aliphatic rings. The van der Waals surface area contributed by atoms with Gasteiger partial charge in [-0.25, -0.2) is 0 Å². The minimum atomic E-state index is 0.513. The first kappa shape index (κ1) is 7.43. The van der Waals surface area contributed by atoms with Crippen LogP contribution in [0.25, 0.3) is 11.3 Å². The topological polar surface area (TPSA) is 77.7 Å². The maximum atomic E-state index is 11.2. The molecule has 0 bridgehead atoms. The number of aromatic nitrogens is 4. The van der Waals surface area contributed by atoms with E-state index in [0.717, 1.165) is 23.4 Å². The van der Waals surface area contributed by atoms with E-state index in [2.05, 4.69) is 20.0 Å². The molecule has 6 heteroatoms. The SMILES string of the molecule is O=[n+]1o[nH]c2c1CCc1nnccc1-2. The Morgan fingerprint density at radius 2 is 2.43 bits per heavy atom. The molecule has 2 aromatic rings.